The van der Waals surface area contributed by atoms with E-state index in [-0.39, 0.29) is 31.1 Å². The lowest BCUT2D eigenvalue weighted by molar-refractivity contribution is -0.167. The van der Waals surface area contributed by atoms with Crippen LogP contribution in [-0.4, -0.2) is 37.2 Å². The van der Waals surface area contributed by atoms with Gasteiger partial charge in [0.05, 0.1) is 0 Å². The second-order valence-electron chi connectivity index (χ2n) is 20.9. The molecule has 6 heteroatoms. The Morgan fingerprint density at radius 3 is 0.744 bits per heavy atom. The molecule has 0 fully saturated rings. The Hall–Kier alpha value is -5.49. The van der Waals surface area contributed by atoms with E-state index >= 15 is 0 Å². The van der Waals surface area contributed by atoms with Crippen molar-refractivity contribution in [3.8, 4) is 0 Å². The van der Waals surface area contributed by atoms with Gasteiger partial charge in [-0.1, -0.05) is 280 Å². The molecular weight excluding hydrogens is 1010 g/mol. The van der Waals surface area contributed by atoms with Crippen molar-refractivity contribution < 1.29 is 28.6 Å². The number of rotatable bonds is 57. The van der Waals surface area contributed by atoms with Gasteiger partial charge in [0.1, 0.15) is 13.2 Å². The third-order valence-electron chi connectivity index (χ3n) is 13.2. The van der Waals surface area contributed by atoms with E-state index in [1.54, 1.807) is 0 Å². The maximum absolute atomic E-state index is 12.9. The first kappa shape index (κ1) is 76.5. The molecule has 0 aromatic heterocycles. The van der Waals surface area contributed by atoms with E-state index in [1.165, 1.54) is 32.1 Å². The van der Waals surface area contributed by atoms with Gasteiger partial charge in [-0.3, -0.25) is 14.4 Å². The zero-order valence-electron chi connectivity index (χ0n) is 52.4. The van der Waals surface area contributed by atoms with E-state index in [1.807, 2.05) is 0 Å². The minimum atomic E-state index is -0.803. The zero-order valence-corrected chi connectivity index (χ0v) is 52.4. The third kappa shape index (κ3) is 65.3. The van der Waals surface area contributed by atoms with Crippen LogP contribution in [0.5, 0.6) is 0 Å². The highest BCUT2D eigenvalue weighted by molar-refractivity contribution is 5.71. The molecule has 6 nitrogen and oxygen atoms in total. The Morgan fingerprint density at radius 1 is 0.256 bits per heavy atom. The summed E-state index contributed by atoms with van der Waals surface area (Å²) in [6.45, 7) is 6.31. The second-order valence-corrected chi connectivity index (χ2v) is 20.9. The first-order valence-electron chi connectivity index (χ1n) is 32.8. The quantitative estimate of drug-likeness (QED) is 0.0261. The lowest BCUT2D eigenvalue weighted by Gasteiger charge is -2.18. The summed E-state index contributed by atoms with van der Waals surface area (Å²) in [7, 11) is 0. The van der Waals surface area contributed by atoms with E-state index in [4.69, 9.17) is 14.2 Å². The molecular formula is C76H118O6. The SMILES string of the molecule is CC/C=C\C/C=C\C/C=C\C/C=C\C/C=C\C/C=C\C/C=C\C/C=C\CCCCCCCCC(=O)OCC(COC(=O)CCCCCCCC)OC(=O)CCCCCCC/C=C\C/C=C\C/C=C\C/C=C\C/C=C\C/C=C\C/C=C\CC. The number of allylic oxidation sites excluding steroid dienone is 30. The highest BCUT2D eigenvalue weighted by atomic mass is 16.6. The average Bonchev–Trinajstić information content (AvgIpc) is 3.47. The molecule has 0 saturated heterocycles. The van der Waals surface area contributed by atoms with Crippen molar-refractivity contribution in [1.29, 1.82) is 0 Å². The van der Waals surface area contributed by atoms with Gasteiger partial charge in [0.2, 0.25) is 0 Å². The summed E-state index contributed by atoms with van der Waals surface area (Å²) in [5.74, 6) is -0.951. The molecule has 0 spiro atoms. The van der Waals surface area contributed by atoms with E-state index in [0.29, 0.717) is 19.3 Å². The fraction of sp³-hybridized carbons (Fsp3) is 0.566. The molecule has 0 aromatic rings. The smallest absolute Gasteiger partial charge is 0.306 e. The molecule has 1 unspecified atom stereocenters. The lowest BCUT2D eigenvalue weighted by Crippen LogP contribution is -2.30. The third-order valence-corrected chi connectivity index (χ3v) is 13.2. The minimum Gasteiger partial charge on any atom is -0.462 e. The number of carbonyl (C=O) groups is 3. The number of hydrogen-bond donors (Lipinski definition) is 0. The van der Waals surface area contributed by atoms with Crippen LogP contribution in [0.3, 0.4) is 0 Å². The first-order valence-corrected chi connectivity index (χ1v) is 32.8. The predicted molar refractivity (Wildman–Crippen MR) is 357 cm³/mol. The number of ether oxygens (including phenoxy) is 3. The zero-order chi connectivity index (χ0) is 59.2. The van der Waals surface area contributed by atoms with Crippen LogP contribution >= 0.6 is 0 Å². The van der Waals surface area contributed by atoms with Crippen molar-refractivity contribution in [2.45, 2.75) is 264 Å². The Balaban J connectivity index is 4.23. The van der Waals surface area contributed by atoms with Crippen molar-refractivity contribution >= 4 is 17.9 Å². The average molecular weight is 1130 g/mol. The molecule has 0 aromatic carbocycles. The normalized spacial score (nSPS) is 13.4. The Labute approximate surface area is 504 Å². The van der Waals surface area contributed by atoms with Gasteiger partial charge in [-0.15, -0.1) is 0 Å². The Kier molecular flexibility index (Phi) is 63.5. The van der Waals surface area contributed by atoms with E-state index in [0.717, 1.165) is 186 Å². The van der Waals surface area contributed by atoms with Crippen molar-refractivity contribution in [2.75, 3.05) is 13.2 Å². The van der Waals surface area contributed by atoms with Crippen LogP contribution in [0.25, 0.3) is 0 Å². The highest BCUT2D eigenvalue weighted by Crippen LogP contribution is 2.14. The fourth-order valence-corrected chi connectivity index (χ4v) is 8.32. The maximum atomic E-state index is 12.9. The largest absolute Gasteiger partial charge is 0.462 e. The van der Waals surface area contributed by atoms with Crippen LogP contribution in [0.15, 0.2) is 182 Å². The molecule has 0 aliphatic carbocycles. The maximum Gasteiger partial charge on any atom is 0.306 e. The van der Waals surface area contributed by atoms with Gasteiger partial charge in [0, 0.05) is 19.3 Å². The lowest BCUT2D eigenvalue weighted by atomic mass is 10.1. The molecule has 0 amide bonds. The molecule has 0 aliphatic rings. The molecule has 0 bridgehead atoms. The van der Waals surface area contributed by atoms with Crippen LogP contribution in [0.4, 0.5) is 0 Å². The fourth-order valence-electron chi connectivity index (χ4n) is 8.32. The van der Waals surface area contributed by atoms with Gasteiger partial charge in [-0.2, -0.15) is 0 Å². The summed E-state index contributed by atoms with van der Waals surface area (Å²) in [6.07, 6.45) is 102. The molecule has 0 saturated carbocycles. The molecule has 458 valence electrons. The number of carbonyl (C=O) groups excluding carboxylic acids is 3. The van der Waals surface area contributed by atoms with Gasteiger partial charge in [-0.05, 0) is 141 Å². The number of esters is 3. The van der Waals surface area contributed by atoms with Gasteiger partial charge >= 0.3 is 17.9 Å². The number of unbranched alkanes of at least 4 members (excludes halogenated alkanes) is 16. The van der Waals surface area contributed by atoms with E-state index in [9.17, 15) is 14.4 Å². The molecule has 0 heterocycles. The van der Waals surface area contributed by atoms with Crippen molar-refractivity contribution in [3.63, 3.8) is 0 Å². The summed E-state index contributed by atoms with van der Waals surface area (Å²) in [5.41, 5.74) is 0. The molecule has 0 radical (unpaired) electrons. The topological polar surface area (TPSA) is 78.9 Å². The summed E-state index contributed by atoms with van der Waals surface area (Å²) >= 11 is 0. The molecule has 1 atom stereocenters. The first-order chi connectivity index (χ1) is 40.5. The van der Waals surface area contributed by atoms with Crippen LogP contribution in [0, 0.1) is 0 Å². The summed E-state index contributed by atoms with van der Waals surface area (Å²) < 4.78 is 16.8. The van der Waals surface area contributed by atoms with Crippen LogP contribution in [-0.2, 0) is 28.6 Å². The summed E-state index contributed by atoms with van der Waals surface area (Å²) in [4.78, 5) is 38.1. The van der Waals surface area contributed by atoms with Crippen molar-refractivity contribution in [3.05, 3.63) is 182 Å². The van der Waals surface area contributed by atoms with Crippen LogP contribution < -0.4 is 0 Å². The standard InChI is InChI=1S/C76H118O6/c1-4-7-10-13-16-18-20-22-24-26-28-30-32-34-36-37-38-39-41-42-44-46-48-50-52-54-56-58-60-63-66-69-75(78)81-72-73(71-80-74(77)68-65-62-15-12-9-6-3)82-76(79)70-67-64-61-59-57-55-53-51-49-47-45-43-40-35-33-31-29-27-25-23-21-19-17-14-11-8-5-2/h7-8,10-11,16-19,22-25,28-31,34-36,38-40,42,44-45,47-48,50-51,53,73H,4-6,9,12-15,20-21,26-27,32-33,37,41,43,46,49,52,54-72H2,1-3H3/b10-7-,11-8-,18-16-,19-17-,24-22-,25-23-,30-28-,31-29-,36-34-,39-38-,40-35-,44-42-,47-45-,50-48-,53-51-. The van der Waals surface area contributed by atoms with Gasteiger partial charge in [0.25, 0.3) is 0 Å². The predicted octanol–water partition coefficient (Wildman–Crippen LogP) is 22.8. The molecule has 82 heavy (non-hydrogen) atoms. The van der Waals surface area contributed by atoms with Crippen molar-refractivity contribution in [2.24, 2.45) is 0 Å². The minimum absolute atomic E-state index is 0.0990. The monoisotopic (exact) mass is 1130 g/mol. The highest BCUT2D eigenvalue weighted by Gasteiger charge is 2.19. The van der Waals surface area contributed by atoms with Gasteiger partial charge in [-0.25, -0.2) is 0 Å². The van der Waals surface area contributed by atoms with Crippen LogP contribution in [0.2, 0.25) is 0 Å². The second kappa shape index (κ2) is 68.0. The molecule has 0 N–H and O–H groups in total. The Morgan fingerprint density at radius 2 is 0.476 bits per heavy atom. The van der Waals surface area contributed by atoms with Crippen LogP contribution in [0.1, 0.15) is 258 Å². The van der Waals surface area contributed by atoms with Crippen molar-refractivity contribution in [1.82, 2.24) is 0 Å². The molecule has 0 rings (SSSR count). The summed E-state index contributed by atoms with van der Waals surface area (Å²) in [6, 6.07) is 0. The molecule has 0 aliphatic heterocycles. The summed E-state index contributed by atoms with van der Waals surface area (Å²) in [5, 5.41) is 0. The van der Waals surface area contributed by atoms with Gasteiger partial charge in [0.15, 0.2) is 6.10 Å². The van der Waals surface area contributed by atoms with E-state index < -0.39 is 6.10 Å². The number of hydrogen-bond acceptors (Lipinski definition) is 6. The van der Waals surface area contributed by atoms with Gasteiger partial charge < -0.3 is 14.2 Å². The van der Waals surface area contributed by atoms with E-state index in [2.05, 4.69) is 203 Å². The Bertz CT molecular complexity index is 1920.